The van der Waals surface area contributed by atoms with Crippen molar-refractivity contribution in [2.45, 2.75) is 46.5 Å². The van der Waals surface area contributed by atoms with Crippen LogP contribution in [0.3, 0.4) is 0 Å². The molecule has 0 saturated heterocycles. The summed E-state index contributed by atoms with van der Waals surface area (Å²) in [5, 5.41) is 0.815. The van der Waals surface area contributed by atoms with Crippen molar-refractivity contribution in [2.75, 3.05) is 0 Å². The fourth-order valence-electron chi connectivity index (χ4n) is 4.46. The maximum Gasteiger partial charge on any atom is 0.260 e. The zero-order chi connectivity index (χ0) is 20.3. The highest BCUT2D eigenvalue weighted by molar-refractivity contribution is 14.1. The molecule has 0 radical (unpaired) electrons. The third-order valence-corrected chi connectivity index (χ3v) is 8.31. The van der Waals surface area contributed by atoms with Gasteiger partial charge in [-0.1, -0.05) is 0 Å². The molecule has 3 heterocycles. The van der Waals surface area contributed by atoms with Crippen LogP contribution < -0.4 is 5.56 Å². The van der Waals surface area contributed by atoms with Gasteiger partial charge in [-0.2, -0.15) is 0 Å². The third-order valence-electron chi connectivity index (χ3n) is 5.91. The quantitative estimate of drug-likeness (QED) is 0.341. The number of aromatic nitrogens is 3. The van der Waals surface area contributed by atoms with Crippen molar-refractivity contribution < 1.29 is 0 Å². The molecular formula is C23H22IN3OS. The molecule has 148 valence electrons. The molecular weight excluding hydrogens is 493 g/mol. The van der Waals surface area contributed by atoms with E-state index < -0.39 is 0 Å². The van der Waals surface area contributed by atoms with Crippen molar-refractivity contribution in [3.63, 3.8) is 0 Å². The Labute approximate surface area is 187 Å². The molecule has 5 rings (SSSR count). The Bertz CT molecular complexity index is 1330. The highest BCUT2D eigenvalue weighted by Crippen LogP contribution is 2.35. The molecule has 1 aliphatic rings. The van der Waals surface area contributed by atoms with E-state index in [0.717, 1.165) is 52.1 Å². The summed E-state index contributed by atoms with van der Waals surface area (Å²) in [7, 11) is 0. The van der Waals surface area contributed by atoms with Crippen LogP contribution in [0.25, 0.3) is 27.3 Å². The molecule has 0 unspecified atom stereocenters. The Balaban J connectivity index is 1.68. The summed E-state index contributed by atoms with van der Waals surface area (Å²) >= 11 is 4.06. The fraction of sp³-hybridized carbons (Fsp3) is 0.304. The molecule has 1 N–H and O–H groups in total. The summed E-state index contributed by atoms with van der Waals surface area (Å²) in [5.74, 6) is 0.669. The van der Waals surface area contributed by atoms with E-state index in [1.807, 2.05) is 0 Å². The van der Waals surface area contributed by atoms with E-state index in [1.54, 1.807) is 11.3 Å². The predicted octanol–water partition coefficient (Wildman–Crippen LogP) is 5.85. The van der Waals surface area contributed by atoms with Crippen LogP contribution in [-0.4, -0.2) is 14.5 Å². The lowest BCUT2D eigenvalue weighted by Crippen LogP contribution is -2.11. The first-order chi connectivity index (χ1) is 13.9. The molecule has 0 amide bonds. The lowest BCUT2D eigenvalue weighted by atomic mass is 9.97. The first-order valence-electron chi connectivity index (χ1n) is 9.94. The Morgan fingerprint density at radius 2 is 1.93 bits per heavy atom. The van der Waals surface area contributed by atoms with Gasteiger partial charge in [0, 0.05) is 31.1 Å². The standard InChI is InChI=1S/C23H22IN3OS/c1-12-10-15(8-9-18(12)24)27-13(2)11-17(14(27)3)21-25-22(28)20-16-6-4-5-7-19(16)29-23(20)26-21/h8-11H,4-7H2,1-3H3,(H,25,26,28). The summed E-state index contributed by atoms with van der Waals surface area (Å²) in [5.41, 5.74) is 6.84. The van der Waals surface area contributed by atoms with Gasteiger partial charge in [0.05, 0.1) is 5.39 Å². The molecule has 1 aliphatic carbocycles. The number of H-pyrrole nitrogens is 1. The highest BCUT2D eigenvalue weighted by atomic mass is 127. The smallest absolute Gasteiger partial charge is 0.260 e. The Kier molecular flexibility index (Phi) is 4.66. The van der Waals surface area contributed by atoms with Crippen LogP contribution in [0, 0.1) is 24.3 Å². The van der Waals surface area contributed by atoms with Crippen molar-refractivity contribution in [1.82, 2.24) is 14.5 Å². The second-order valence-electron chi connectivity index (χ2n) is 7.86. The number of nitrogens with zero attached hydrogens (tertiary/aromatic N) is 2. The van der Waals surface area contributed by atoms with E-state index in [1.165, 1.54) is 26.0 Å². The van der Waals surface area contributed by atoms with Gasteiger partial charge in [-0.25, -0.2) is 4.98 Å². The summed E-state index contributed by atoms with van der Waals surface area (Å²) in [6.45, 7) is 6.33. The molecule has 0 fully saturated rings. The maximum absolute atomic E-state index is 13.0. The minimum atomic E-state index is -0.000637. The van der Waals surface area contributed by atoms with Gasteiger partial charge in [0.25, 0.3) is 5.56 Å². The van der Waals surface area contributed by atoms with Gasteiger partial charge in [0.1, 0.15) is 10.7 Å². The second-order valence-corrected chi connectivity index (χ2v) is 10.1. The molecule has 0 bridgehead atoms. The van der Waals surface area contributed by atoms with Gasteiger partial charge in [0.15, 0.2) is 0 Å². The fourth-order valence-corrected chi connectivity index (χ4v) is 6.06. The molecule has 6 heteroatoms. The maximum atomic E-state index is 13.0. The third kappa shape index (κ3) is 3.08. The summed E-state index contributed by atoms with van der Waals surface area (Å²) < 4.78 is 3.49. The van der Waals surface area contributed by atoms with E-state index in [2.05, 4.69) is 77.2 Å². The lowest BCUT2D eigenvalue weighted by Gasteiger charge is -2.12. The SMILES string of the molecule is Cc1cc(-n2c(C)cc(-c3nc4sc5c(c4c(=O)[nH]3)CCCC5)c2C)ccc1I. The van der Waals surface area contributed by atoms with Crippen molar-refractivity contribution in [2.24, 2.45) is 0 Å². The number of thiophene rings is 1. The first-order valence-corrected chi connectivity index (χ1v) is 11.8. The van der Waals surface area contributed by atoms with Crippen LogP contribution >= 0.6 is 33.9 Å². The van der Waals surface area contributed by atoms with Gasteiger partial charge in [-0.3, -0.25) is 4.79 Å². The molecule has 4 nitrogen and oxygen atoms in total. The summed E-state index contributed by atoms with van der Waals surface area (Å²) in [6.07, 6.45) is 4.45. The van der Waals surface area contributed by atoms with Crippen molar-refractivity contribution in [3.8, 4) is 17.1 Å². The lowest BCUT2D eigenvalue weighted by molar-refractivity contribution is 0.700. The van der Waals surface area contributed by atoms with Crippen LogP contribution in [0.15, 0.2) is 29.1 Å². The summed E-state index contributed by atoms with van der Waals surface area (Å²) in [6, 6.07) is 8.62. The van der Waals surface area contributed by atoms with Crippen molar-refractivity contribution in [3.05, 3.63) is 65.6 Å². The number of rotatable bonds is 2. The number of hydrogen-bond donors (Lipinski definition) is 1. The number of halogens is 1. The van der Waals surface area contributed by atoms with Gasteiger partial charge < -0.3 is 9.55 Å². The second kappa shape index (κ2) is 7.09. The average molecular weight is 515 g/mol. The average Bonchev–Trinajstić information content (AvgIpc) is 3.21. The largest absolute Gasteiger partial charge is 0.318 e. The van der Waals surface area contributed by atoms with Gasteiger partial charge in [-0.05, 0) is 104 Å². The number of hydrogen-bond acceptors (Lipinski definition) is 3. The van der Waals surface area contributed by atoms with E-state index in [-0.39, 0.29) is 5.56 Å². The van der Waals surface area contributed by atoms with E-state index in [4.69, 9.17) is 4.98 Å². The monoisotopic (exact) mass is 515 g/mol. The molecule has 0 saturated carbocycles. The van der Waals surface area contributed by atoms with E-state index >= 15 is 0 Å². The molecule has 1 aromatic carbocycles. The predicted molar refractivity (Wildman–Crippen MR) is 129 cm³/mol. The molecule has 0 aliphatic heterocycles. The van der Waals surface area contributed by atoms with Gasteiger partial charge >= 0.3 is 0 Å². The van der Waals surface area contributed by atoms with Gasteiger partial charge in [0.2, 0.25) is 0 Å². The molecule has 0 spiro atoms. The van der Waals surface area contributed by atoms with Crippen LogP contribution in [0.4, 0.5) is 0 Å². The minimum Gasteiger partial charge on any atom is -0.318 e. The topological polar surface area (TPSA) is 50.7 Å². The highest BCUT2D eigenvalue weighted by Gasteiger charge is 2.21. The van der Waals surface area contributed by atoms with Crippen LogP contribution in [0.1, 0.15) is 40.2 Å². The van der Waals surface area contributed by atoms with Crippen LogP contribution in [0.5, 0.6) is 0 Å². The first kappa shape index (κ1) is 19.1. The van der Waals surface area contributed by atoms with Crippen molar-refractivity contribution in [1.29, 1.82) is 0 Å². The van der Waals surface area contributed by atoms with E-state index in [0.29, 0.717) is 5.82 Å². The number of aromatic amines is 1. The Morgan fingerprint density at radius 3 is 2.72 bits per heavy atom. The molecule has 4 aromatic rings. The van der Waals surface area contributed by atoms with Gasteiger partial charge in [-0.15, -0.1) is 11.3 Å². The van der Waals surface area contributed by atoms with E-state index in [9.17, 15) is 4.79 Å². The Hall–Kier alpha value is -1.93. The number of nitrogens with one attached hydrogen (secondary N) is 1. The van der Waals surface area contributed by atoms with Crippen LogP contribution in [0.2, 0.25) is 0 Å². The van der Waals surface area contributed by atoms with Crippen LogP contribution in [-0.2, 0) is 12.8 Å². The molecule has 0 atom stereocenters. The number of aryl methyl sites for hydroxylation is 4. The Morgan fingerprint density at radius 1 is 1.14 bits per heavy atom. The summed E-state index contributed by atoms with van der Waals surface area (Å²) in [4.78, 5) is 23.2. The molecule has 3 aromatic heterocycles. The molecule has 29 heavy (non-hydrogen) atoms. The number of benzene rings is 1. The zero-order valence-corrected chi connectivity index (χ0v) is 19.7. The zero-order valence-electron chi connectivity index (χ0n) is 16.7. The minimum absolute atomic E-state index is 0.000637. The normalized spacial score (nSPS) is 13.8. The number of fused-ring (bicyclic) bond motifs is 3. The van der Waals surface area contributed by atoms with Crippen molar-refractivity contribution >= 4 is 44.1 Å².